The van der Waals surface area contributed by atoms with E-state index in [1.165, 1.54) is 7.11 Å². The van der Waals surface area contributed by atoms with Crippen molar-refractivity contribution in [3.05, 3.63) is 29.6 Å². The van der Waals surface area contributed by atoms with E-state index in [0.717, 1.165) is 16.9 Å². The summed E-state index contributed by atoms with van der Waals surface area (Å²) in [6.07, 6.45) is 0.146. The highest BCUT2D eigenvalue weighted by Crippen LogP contribution is 2.16. The number of nitrogens with zero attached hydrogens (tertiary/aromatic N) is 2. The summed E-state index contributed by atoms with van der Waals surface area (Å²) in [5.41, 5.74) is 2.28. The third kappa shape index (κ3) is 3.21. The number of nitrogens with one attached hydrogen (secondary N) is 1. The van der Waals surface area contributed by atoms with Gasteiger partial charge in [0, 0.05) is 18.7 Å². The van der Waals surface area contributed by atoms with Crippen LogP contribution in [-0.4, -0.2) is 34.6 Å². The maximum Gasteiger partial charge on any atom is 0.307 e. The van der Waals surface area contributed by atoms with Crippen molar-refractivity contribution in [3.63, 3.8) is 0 Å². The minimum Gasteiger partial charge on any atom is -0.469 e. The van der Waals surface area contributed by atoms with Gasteiger partial charge in [-0.15, -0.1) is 0 Å². The van der Waals surface area contributed by atoms with Crippen LogP contribution in [0.2, 0.25) is 0 Å². The topological polar surface area (TPSA) is 73.2 Å². The molecule has 2 aromatic rings. The summed E-state index contributed by atoms with van der Waals surface area (Å²) >= 11 is 0. The first-order valence-electron chi connectivity index (χ1n) is 6.73. The molecule has 21 heavy (non-hydrogen) atoms. The molecule has 0 saturated heterocycles. The molecule has 1 heterocycles. The number of imidazole rings is 1. The fraction of sp³-hybridized carbons (Fsp3) is 0.400. The number of carbonyl (C=O) groups is 2. The third-order valence-corrected chi connectivity index (χ3v) is 3.44. The maximum atomic E-state index is 12.2. The van der Waals surface area contributed by atoms with Crippen LogP contribution >= 0.6 is 0 Å². The van der Waals surface area contributed by atoms with Gasteiger partial charge in [-0.3, -0.25) is 9.59 Å². The van der Waals surface area contributed by atoms with Crippen LogP contribution in [0.15, 0.2) is 18.2 Å². The van der Waals surface area contributed by atoms with E-state index < -0.39 is 0 Å². The van der Waals surface area contributed by atoms with Gasteiger partial charge >= 0.3 is 5.97 Å². The molecule has 1 atom stereocenters. The van der Waals surface area contributed by atoms with Crippen LogP contribution in [0.5, 0.6) is 0 Å². The Kier molecular flexibility index (Phi) is 4.26. The average molecular weight is 289 g/mol. The number of ether oxygens (including phenoxy) is 1. The first-order chi connectivity index (χ1) is 9.92. The first-order valence-corrected chi connectivity index (χ1v) is 6.73. The fourth-order valence-electron chi connectivity index (χ4n) is 2.15. The van der Waals surface area contributed by atoms with E-state index in [4.69, 9.17) is 0 Å². The molecule has 112 valence electrons. The molecule has 0 bridgehead atoms. The quantitative estimate of drug-likeness (QED) is 0.867. The Bertz CT molecular complexity index is 691. The number of rotatable bonds is 4. The van der Waals surface area contributed by atoms with Crippen molar-refractivity contribution in [2.75, 3.05) is 7.11 Å². The molecule has 2 rings (SSSR count). The minimum absolute atomic E-state index is 0.146. The second-order valence-corrected chi connectivity index (χ2v) is 5.08. The van der Waals surface area contributed by atoms with Gasteiger partial charge in [0.05, 0.1) is 24.6 Å². The SMILES string of the molecule is COC(=O)CC(C)NC(=O)c1ccc2c(c1)nc(C)n2C. The van der Waals surface area contributed by atoms with Crippen LogP contribution in [0.3, 0.4) is 0 Å². The van der Waals surface area contributed by atoms with E-state index >= 15 is 0 Å². The van der Waals surface area contributed by atoms with Crippen LogP contribution in [0.25, 0.3) is 11.0 Å². The number of benzene rings is 1. The van der Waals surface area contributed by atoms with Gasteiger partial charge in [0.1, 0.15) is 5.82 Å². The Morgan fingerprint density at radius 2 is 2.14 bits per heavy atom. The lowest BCUT2D eigenvalue weighted by Crippen LogP contribution is -2.34. The summed E-state index contributed by atoms with van der Waals surface area (Å²) in [6.45, 7) is 3.68. The smallest absolute Gasteiger partial charge is 0.307 e. The van der Waals surface area contributed by atoms with Crippen LogP contribution in [0, 0.1) is 6.92 Å². The van der Waals surface area contributed by atoms with E-state index in [1.54, 1.807) is 19.1 Å². The molecule has 1 unspecified atom stereocenters. The van der Waals surface area contributed by atoms with Crippen molar-refractivity contribution < 1.29 is 14.3 Å². The third-order valence-electron chi connectivity index (χ3n) is 3.44. The lowest BCUT2D eigenvalue weighted by molar-refractivity contribution is -0.141. The van der Waals surface area contributed by atoms with E-state index in [0.29, 0.717) is 5.56 Å². The molecule has 0 fully saturated rings. The second-order valence-electron chi connectivity index (χ2n) is 5.08. The Labute approximate surface area is 123 Å². The monoisotopic (exact) mass is 289 g/mol. The molecule has 0 saturated carbocycles. The number of hydrogen-bond acceptors (Lipinski definition) is 4. The molecule has 1 aromatic carbocycles. The van der Waals surface area contributed by atoms with Crippen LogP contribution in [-0.2, 0) is 16.6 Å². The normalized spacial score (nSPS) is 12.2. The number of aryl methyl sites for hydroxylation is 2. The average Bonchev–Trinajstić information content (AvgIpc) is 2.73. The molecule has 0 aliphatic carbocycles. The van der Waals surface area contributed by atoms with Gasteiger partial charge in [-0.2, -0.15) is 0 Å². The van der Waals surface area contributed by atoms with Gasteiger partial charge in [-0.05, 0) is 32.0 Å². The van der Waals surface area contributed by atoms with E-state index in [2.05, 4.69) is 15.0 Å². The Balaban J connectivity index is 2.14. The maximum absolute atomic E-state index is 12.2. The highest BCUT2D eigenvalue weighted by atomic mass is 16.5. The molecule has 0 radical (unpaired) electrons. The lowest BCUT2D eigenvalue weighted by Gasteiger charge is -2.12. The molecular formula is C15H19N3O3. The first kappa shape index (κ1) is 15.0. The molecular weight excluding hydrogens is 270 g/mol. The Morgan fingerprint density at radius 3 is 2.81 bits per heavy atom. The minimum atomic E-state index is -0.349. The summed E-state index contributed by atoms with van der Waals surface area (Å²) < 4.78 is 6.55. The van der Waals surface area contributed by atoms with Gasteiger partial charge in [0.2, 0.25) is 0 Å². The van der Waals surface area contributed by atoms with Crippen LogP contribution < -0.4 is 5.32 Å². The highest BCUT2D eigenvalue weighted by Gasteiger charge is 2.14. The number of hydrogen-bond donors (Lipinski definition) is 1. The van der Waals surface area contributed by atoms with Crippen molar-refractivity contribution in [2.45, 2.75) is 26.3 Å². The number of fused-ring (bicyclic) bond motifs is 1. The molecule has 0 aliphatic rings. The fourth-order valence-corrected chi connectivity index (χ4v) is 2.15. The van der Waals surface area contributed by atoms with Gasteiger partial charge in [0.15, 0.2) is 0 Å². The molecule has 6 nitrogen and oxygen atoms in total. The predicted molar refractivity (Wildman–Crippen MR) is 79.0 cm³/mol. The van der Waals surface area contributed by atoms with Crippen LogP contribution in [0.1, 0.15) is 29.5 Å². The number of methoxy groups -OCH3 is 1. The van der Waals surface area contributed by atoms with E-state index in [-0.39, 0.29) is 24.3 Å². The van der Waals surface area contributed by atoms with Gasteiger partial charge in [0.25, 0.3) is 5.91 Å². The summed E-state index contributed by atoms with van der Waals surface area (Å²) in [4.78, 5) is 27.7. The van der Waals surface area contributed by atoms with Gasteiger partial charge in [-0.25, -0.2) is 4.98 Å². The van der Waals surface area contributed by atoms with E-state index in [9.17, 15) is 9.59 Å². The molecule has 1 amide bonds. The summed E-state index contributed by atoms with van der Waals surface area (Å²) in [7, 11) is 3.26. The zero-order chi connectivity index (χ0) is 15.6. The van der Waals surface area contributed by atoms with Crippen molar-refractivity contribution in [2.24, 2.45) is 7.05 Å². The van der Waals surface area contributed by atoms with Crippen molar-refractivity contribution in [3.8, 4) is 0 Å². The molecule has 6 heteroatoms. The summed E-state index contributed by atoms with van der Waals surface area (Å²) in [5.74, 6) is 0.317. The zero-order valence-corrected chi connectivity index (χ0v) is 12.6. The zero-order valence-electron chi connectivity index (χ0n) is 12.6. The second kappa shape index (κ2) is 5.95. The standard InChI is InChI=1S/C15H19N3O3/c1-9(7-14(19)21-4)16-15(20)11-5-6-13-12(8-11)17-10(2)18(13)3/h5-6,8-9H,7H2,1-4H3,(H,16,20). The molecule has 1 N–H and O–H groups in total. The van der Waals surface area contributed by atoms with Crippen molar-refractivity contribution in [1.29, 1.82) is 0 Å². The van der Waals surface area contributed by atoms with Gasteiger partial charge in [-0.1, -0.05) is 0 Å². The molecule has 1 aromatic heterocycles. The van der Waals surface area contributed by atoms with Crippen LogP contribution in [0.4, 0.5) is 0 Å². The lowest BCUT2D eigenvalue weighted by atomic mass is 10.1. The Morgan fingerprint density at radius 1 is 1.43 bits per heavy atom. The van der Waals surface area contributed by atoms with Crippen molar-refractivity contribution >= 4 is 22.9 Å². The van der Waals surface area contributed by atoms with E-state index in [1.807, 2.05) is 24.6 Å². The number of esters is 1. The highest BCUT2D eigenvalue weighted by molar-refractivity contribution is 5.97. The number of amides is 1. The molecule has 0 aliphatic heterocycles. The molecule has 0 spiro atoms. The Hall–Kier alpha value is -2.37. The van der Waals surface area contributed by atoms with Crippen molar-refractivity contribution in [1.82, 2.24) is 14.9 Å². The predicted octanol–water partition coefficient (Wildman–Crippen LogP) is 1.56. The summed E-state index contributed by atoms with van der Waals surface area (Å²) in [6, 6.07) is 5.09. The summed E-state index contributed by atoms with van der Waals surface area (Å²) in [5, 5.41) is 2.77. The van der Waals surface area contributed by atoms with Gasteiger partial charge < -0.3 is 14.6 Å². The number of carbonyl (C=O) groups excluding carboxylic acids is 2. The largest absolute Gasteiger partial charge is 0.469 e. The number of aromatic nitrogens is 2.